The number of benzene rings is 1. The predicted octanol–water partition coefficient (Wildman–Crippen LogP) is 3.12. The molecule has 21 heavy (non-hydrogen) atoms. The van der Waals surface area contributed by atoms with Crippen molar-refractivity contribution < 1.29 is 32.3 Å². The van der Waals surface area contributed by atoms with Crippen LogP contribution < -0.4 is 5.32 Å². The van der Waals surface area contributed by atoms with Crippen molar-refractivity contribution in [3.8, 4) is 0 Å². The molecule has 0 aliphatic heterocycles. The Labute approximate surface area is 117 Å². The summed E-state index contributed by atoms with van der Waals surface area (Å²) in [6.45, 7) is 0. The van der Waals surface area contributed by atoms with Crippen molar-refractivity contribution in [3.63, 3.8) is 0 Å². The van der Waals surface area contributed by atoms with Crippen LogP contribution in [0.2, 0.25) is 0 Å². The molecule has 0 saturated carbocycles. The molecule has 0 saturated heterocycles. The van der Waals surface area contributed by atoms with Gasteiger partial charge in [-0.2, -0.15) is 13.2 Å². The fourth-order valence-corrected chi connectivity index (χ4v) is 1.54. The summed E-state index contributed by atoms with van der Waals surface area (Å²) in [6.07, 6.45) is -6.60. The molecule has 0 aromatic heterocycles. The first-order valence-electron chi connectivity index (χ1n) is 6.04. The number of anilines is 1. The van der Waals surface area contributed by atoms with Crippen LogP contribution in [0.15, 0.2) is 18.2 Å². The summed E-state index contributed by atoms with van der Waals surface area (Å²) in [7, 11) is 0. The molecule has 8 heteroatoms. The number of halogens is 4. The van der Waals surface area contributed by atoms with Gasteiger partial charge < -0.3 is 10.4 Å². The molecule has 0 bridgehead atoms. The van der Waals surface area contributed by atoms with Gasteiger partial charge in [0.05, 0.1) is 12.1 Å². The molecular weight excluding hydrogens is 294 g/mol. The lowest BCUT2D eigenvalue weighted by Crippen LogP contribution is -2.17. The monoisotopic (exact) mass is 307 g/mol. The van der Waals surface area contributed by atoms with Gasteiger partial charge in [0.25, 0.3) is 0 Å². The van der Waals surface area contributed by atoms with E-state index in [4.69, 9.17) is 5.11 Å². The maximum absolute atomic E-state index is 13.4. The maximum Gasteiger partial charge on any atom is 0.389 e. The molecule has 0 spiro atoms. The summed E-state index contributed by atoms with van der Waals surface area (Å²) < 4.78 is 49.3. The molecule has 0 heterocycles. The second kappa shape index (κ2) is 7.05. The molecule has 0 fully saturated rings. The number of rotatable bonds is 6. The minimum Gasteiger partial charge on any atom is -0.481 e. The number of aliphatic carboxylic acids is 1. The highest BCUT2D eigenvalue weighted by atomic mass is 19.4. The van der Waals surface area contributed by atoms with Crippen molar-refractivity contribution in [1.82, 2.24) is 0 Å². The van der Waals surface area contributed by atoms with E-state index in [9.17, 15) is 27.2 Å². The first-order chi connectivity index (χ1) is 9.67. The zero-order valence-electron chi connectivity index (χ0n) is 10.8. The minimum absolute atomic E-state index is 0.126. The standard InChI is InChI=1S/C13H13F4NO3/c14-9-3-1-8(2-4-12(20)21)7-10(9)18-11(19)5-6-13(15,16)17/h1,3,7H,2,4-6H2,(H,18,19)(H,20,21). The number of hydrogen-bond acceptors (Lipinski definition) is 2. The van der Waals surface area contributed by atoms with Crippen molar-refractivity contribution >= 4 is 17.6 Å². The average molecular weight is 307 g/mol. The van der Waals surface area contributed by atoms with Crippen molar-refractivity contribution in [2.24, 2.45) is 0 Å². The molecule has 0 radical (unpaired) electrons. The largest absolute Gasteiger partial charge is 0.481 e. The van der Waals surface area contributed by atoms with Crippen LogP contribution in [0.1, 0.15) is 24.8 Å². The van der Waals surface area contributed by atoms with Crippen molar-refractivity contribution in [2.75, 3.05) is 5.32 Å². The molecule has 4 nitrogen and oxygen atoms in total. The molecule has 1 rings (SSSR count). The van der Waals surface area contributed by atoms with Gasteiger partial charge in [-0.1, -0.05) is 6.07 Å². The Morgan fingerprint density at radius 1 is 1.19 bits per heavy atom. The number of amides is 1. The number of carbonyl (C=O) groups is 2. The predicted molar refractivity (Wildman–Crippen MR) is 66.3 cm³/mol. The third-order valence-corrected chi connectivity index (χ3v) is 2.57. The molecular formula is C13H13F4NO3. The number of carboxylic acids is 1. The number of carboxylic acid groups (broad SMARTS) is 1. The Bertz CT molecular complexity index is 529. The topological polar surface area (TPSA) is 66.4 Å². The van der Waals surface area contributed by atoms with E-state index < -0.39 is 36.7 Å². The van der Waals surface area contributed by atoms with Gasteiger partial charge in [-0.15, -0.1) is 0 Å². The summed E-state index contributed by atoms with van der Waals surface area (Å²) in [4.78, 5) is 21.7. The fraction of sp³-hybridized carbons (Fsp3) is 0.385. The van der Waals surface area contributed by atoms with Gasteiger partial charge >= 0.3 is 12.1 Å². The van der Waals surface area contributed by atoms with E-state index >= 15 is 0 Å². The van der Waals surface area contributed by atoms with Gasteiger partial charge in [0.15, 0.2) is 0 Å². The van der Waals surface area contributed by atoms with E-state index in [1.165, 1.54) is 12.1 Å². The summed E-state index contributed by atoms with van der Waals surface area (Å²) in [5.74, 6) is -2.79. The van der Waals surface area contributed by atoms with Crippen LogP contribution in [-0.2, 0) is 16.0 Å². The normalized spacial score (nSPS) is 11.2. The van der Waals surface area contributed by atoms with Gasteiger partial charge in [0.2, 0.25) is 5.91 Å². The van der Waals surface area contributed by atoms with Crippen LogP contribution in [-0.4, -0.2) is 23.2 Å². The van der Waals surface area contributed by atoms with E-state index in [1.807, 2.05) is 5.32 Å². The molecule has 1 aromatic rings. The third kappa shape index (κ3) is 6.73. The smallest absolute Gasteiger partial charge is 0.389 e. The van der Waals surface area contributed by atoms with Gasteiger partial charge in [-0.05, 0) is 24.1 Å². The minimum atomic E-state index is -4.46. The van der Waals surface area contributed by atoms with Crippen LogP contribution in [0.5, 0.6) is 0 Å². The Morgan fingerprint density at radius 2 is 1.86 bits per heavy atom. The SMILES string of the molecule is O=C(O)CCc1ccc(F)c(NC(=O)CCC(F)(F)F)c1. The quantitative estimate of drug-likeness (QED) is 0.794. The lowest BCUT2D eigenvalue weighted by Gasteiger charge is -2.09. The van der Waals surface area contributed by atoms with Crippen molar-refractivity contribution in [3.05, 3.63) is 29.6 Å². The number of hydrogen-bond donors (Lipinski definition) is 2. The molecule has 0 unspecified atom stereocenters. The highest BCUT2D eigenvalue weighted by Crippen LogP contribution is 2.22. The van der Waals surface area contributed by atoms with Crippen LogP contribution in [0, 0.1) is 5.82 Å². The lowest BCUT2D eigenvalue weighted by atomic mass is 10.1. The number of aryl methyl sites for hydroxylation is 1. The Morgan fingerprint density at radius 3 is 2.43 bits per heavy atom. The first kappa shape index (κ1) is 16.9. The number of carbonyl (C=O) groups excluding carboxylic acids is 1. The lowest BCUT2D eigenvalue weighted by molar-refractivity contribution is -0.142. The zero-order valence-corrected chi connectivity index (χ0v) is 10.8. The molecule has 0 aliphatic rings. The van der Waals surface area contributed by atoms with E-state index in [-0.39, 0.29) is 18.5 Å². The zero-order chi connectivity index (χ0) is 16.0. The first-order valence-corrected chi connectivity index (χ1v) is 6.04. The highest BCUT2D eigenvalue weighted by molar-refractivity contribution is 5.90. The van der Waals surface area contributed by atoms with Gasteiger partial charge in [0.1, 0.15) is 5.82 Å². The van der Waals surface area contributed by atoms with Crippen molar-refractivity contribution in [1.29, 1.82) is 0 Å². The second-order valence-electron chi connectivity index (χ2n) is 4.37. The van der Waals surface area contributed by atoms with E-state index in [0.29, 0.717) is 5.56 Å². The van der Waals surface area contributed by atoms with Crippen LogP contribution in [0.25, 0.3) is 0 Å². The third-order valence-electron chi connectivity index (χ3n) is 2.57. The van der Waals surface area contributed by atoms with Gasteiger partial charge in [-0.25, -0.2) is 4.39 Å². The van der Waals surface area contributed by atoms with Crippen LogP contribution >= 0.6 is 0 Å². The molecule has 1 aromatic carbocycles. The molecule has 1 amide bonds. The van der Waals surface area contributed by atoms with E-state index in [2.05, 4.69) is 0 Å². The van der Waals surface area contributed by atoms with Crippen LogP contribution in [0.3, 0.4) is 0 Å². The van der Waals surface area contributed by atoms with Gasteiger partial charge in [-0.3, -0.25) is 9.59 Å². The number of alkyl halides is 3. The van der Waals surface area contributed by atoms with E-state index in [0.717, 1.165) is 6.07 Å². The van der Waals surface area contributed by atoms with Crippen LogP contribution in [0.4, 0.5) is 23.2 Å². The molecule has 0 aliphatic carbocycles. The Hall–Kier alpha value is -2.12. The molecule has 0 atom stereocenters. The summed E-state index contributed by atoms with van der Waals surface area (Å²) in [6, 6.07) is 3.59. The summed E-state index contributed by atoms with van der Waals surface area (Å²) >= 11 is 0. The highest BCUT2D eigenvalue weighted by Gasteiger charge is 2.28. The van der Waals surface area contributed by atoms with Gasteiger partial charge in [0, 0.05) is 12.8 Å². The second-order valence-corrected chi connectivity index (χ2v) is 4.37. The maximum atomic E-state index is 13.4. The van der Waals surface area contributed by atoms with E-state index in [1.54, 1.807) is 0 Å². The van der Waals surface area contributed by atoms with Crippen molar-refractivity contribution in [2.45, 2.75) is 31.9 Å². The Balaban J connectivity index is 2.67. The molecule has 2 N–H and O–H groups in total. The molecule has 116 valence electrons. The fourth-order valence-electron chi connectivity index (χ4n) is 1.54. The summed E-state index contributed by atoms with van der Waals surface area (Å²) in [5, 5.41) is 10.6. The Kier molecular flexibility index (Phi) is 5.69. The average Bonchev–Trinajstić information content (AvgIpc) is 2.36. The summed E-state index contributed by atoms with van der Waals surface area (Å²) in [5.41, 5.74) is 0.204. The number of nitrogens with one attached hydrogen (secondary N) is 1.